The van der Waals surface area contributed by atoms with E-state index in [2.05, 4.69) is 28.4 Å². The maximum Gasteiger partial charge on any atom is 0.433 e. The Bertz CT molecular complexity index is 1410. The summed E-state index contributed by atoms with van der Waals surface area (Å²) in [5.74, 6) is -0.191. The van der Waals surface area contributed by atoms with Crippen molar-refractivity contribution in [1.82, 2.24) is 14.6 Å². The third kappa shape index (κ3) is 3.89. The number of fused-ring (bicyclic) bond motifs is 2. The molecule has 5 rings (SSSR count). The number of hydrogen-bond acceptors (Lipinski definition) is 6. The Morgan fingerprint density at radius 1 is 1.36 bits per heavy atom. The van der Waals surface area contributed by atoms with Gasteiger partial charge >= 0.3 is 6.18 Å². The summed E-state index contributed by atoms with van der Waals surface area (Å²) in [6, 6.07) is 7.72. The van der Waals surface area contributed by atoms with Gasteiger partial charge in [0.2, 0.25) is 0 Å². The van der Waals surface area contributed by atoms with Gasteiger partial charge in [0, 0.05) is 10.9 Å². The minimum absolute atomic E-state index is 0.0850. The molecule has 1 aliphatic rings. The van der Waals surface area contributed by atoms with Crippen LogP contribution in [0.1, 0.15) is 45.5 Å². The first kappa shape index (κ1) is 21.6. The highest BCUT2D eigenvalue weighted by Gasteiger charge is 2.36. The SMILES string of the molecule is C[C@@H]1CCc2c(sc(NC(=O)c3cc4nc(-c5cccs5)cc(C(F)(F)F)n4n3)c2C#N)C1. The van der Waals surface area contributed by atoms with E-state index in [1.54, 1.807) is 17.5 Å². The van der Waals surface area contributed by atoms with Crippen LogP contribution in [-0.2, 0) is 19.0 Å². The average Bonchev–Trinajstić information content (AvgIpc) is 3.49. The van der Waals surface area contributed by atoms with Crippen LogP contribution in [0.5, 0.6) is 0 Å². The molecule has 1 N–H and O–H groups in total. The van der Waals surface area contributed by atoms with Crippen LogP contribution in [0.15, 0.2) is 29.6 Å². The van der Waals surface area contributed by atoms with E-state index < -0.39 is 17.8 Å². The number of amides is 1. The number of nitriles is 1. The lowest BCUT2D eigenvalue weighted by Gasteiger charge is -2.17. The molecule has 0 bridgehead atoms. The zero-order valence-corrected chi connectivity index (χ0v) is 18.9. The Labute approximate surface area is 194 Å². The van der Waals surface area contributed by atoms with E-state index >= 15 is 0 Å². The predicted octanol–water partition coefficient (Wildman–Crippen LogP) is 5.79. The minimum Gasteiger partial charge on any atom is -0.311 e. The van der Waals surface area contributed by atoms with Crippen molar-refractivity contribution >= 4 is 39.2 Å². The number of hydrogen-bond donors (Lipinski definition) is 1. The van der Waals surface area contributed by atoms with E-state index in [9.17, 15) is 23.2 Å². The number of carbonyl (C=O) groups excluding carboxylic acids is 1. The molecule has 0 aromatic carbocycles. The van der Waals surface area contributed by atoms with Crippen molar-refractivity contribution in [3.63, 3.8) is 0 Å². The van der Waals surface area contributed by atoms with E-state index in [-0.39, 0.29) is 17.0 Å². The highest BCUT2D eigenvalue weighted by Crippen LogP contribution is 2.39. The smallest absolute Gasteiger partial charge is 0.311 e. The van der Waals surface area contributed by atoms with E-state index in [0.29, 0.717) is 25.9 Å². The van der Waals surface area contributed by atoms with Crippen LogP contribution in [0.4, 0.5) is 18.2 Å². The number of alkyl halides is 3. The molecule has 1 amide bonds. The molecule has 4 aromatic rings. The summed E-state index contributed by atoms with van der Waals surface area (Å²) in [5.41, 5.74) is 0.218. The van der Waals surface area contributed by atoms with Gasteiger partial charge in [0.05, 0.1) is 16.1 Å². The van der Waals surface area contributed by atoms with Crippen molar-refractivity contribution in [2.24, 2.45) is 5.92 Å². The molecule has 33 heavy (non-hydrogen) atoms. The molecule has 0 aliphatic heterocycles. The second-order valence-electron chi connectivity index (χ2n) is 7.92. The summed E-state index contributed by atoms with van der Waals surface area (Å²) in [6.07, 6.45) is -2.12. The number of nitrogens with one attached hydrogen (secondary N) is 1. The van der Waals surface area contributed by atoms with E-state index in [1.807, 2.05) is 0 Å². The Morgan fingerprint density at radius 3 is 2.88 bits per heavy atom. The monoisotopic (exact) mass is 487 g/mol. The molecule has 1 atom stereocenters. The lowest BCUT2D eigenvalue weighted by molar-refractivity contribution is -0.142. The second-order valence-corrected chi connectivity index (χ2v) is 9.98. The number of anilines is 1. The van der Waals surface area contributed by atoms with Crippen molar-refractivity contribution in [2.75, 3.05) is 5.32 Å². The van der Waals surface area contributed by atoms with Crippen molar-refractivity contribution in [3.8, 4) is 16.6 Å². The molecule has 0 saturated carbocycles. The number of rotatable bonds is 3. The van der Waals surface area contributed by atoms with Crippen LogP contribution < -0.4 is 5.32 Å². The first-order valence-electron chi connectivity index (χ1n) is 10.1. The highest BCUT2D eigenvalue weighted by molar-refractivity contribution is 7.16. The number of nitrogens with zero attached hydrogens (tertiary/aromatic N) is 4. The number of aromatic nitrogens is 3. The van der Waals surface area contributed by atoms with Crippen LogP contribution in [0.3, 0.4) is 0 Å². The molecule has 0 spiro atoms. The maximum absolute atomic E-state index is 13.7. The number of carbonyl (C=O) groups is 1. The molecule has 168 valence electrons. The molecule has 6 nitrogen and oxygen atoms in total. The first-order chi connectivity index (χ1) is 15.7. The highest BCUT2D eigenvalue weighted by atomic mass is 32.1. The summed E-state index contributed by atoms with van der Waals surface area (Å²) in [6.45, 7) is 2.14. The Kier molecular flexibility index (Phi) is 5.22. The number of thiophene rings is 2. The standard InChI is InChI=1S/C22H16F3N5OS2/c1-11-4-5-12-13(10-26)21(33-17(12)7-11)28-20(31)15-9-19-27-14(16-3-2-6-32-16)8-18(22(23,24)25)30(19)29-15/h2-3,6,8-9,11H,4-5,7H2,1H3,(H,28,31)/t11-/m1/s1. The Balaban J connectivity index is 1.53. The quantitative estimate of drug-likeness (QED) is 0.397. The molecule has 11 heteroatoms. The zero-order chi connectivity index (χ0) is 23.3. The normalized spacial score (nSPS) is 15.9. The third-order valence-corrected chi connectivity index (χ3v) is 7.64. The molecular weight excluding hydrogens is 471 g/mol. The van der Waals surface area contributed by atoms with Gasteiger partial charge < -0.3 is 5.32 Å². The molecule has 0 unspecified atom stereocenters. The fraction of sp³-hybridized carbons (Fsp3) is 0.273. The van der Waals surface area contributed by atoms with Gasteiger partial charge in [-0.05, 0) is 48.3 Å². The van der Waals surface area contributed by atoms with E-state index in [1.165, 1.54) is 28.7 Å². The van der Waals surface area contributed by atoms with Gasteiger partial charge in [-0.1, -0.05) is 13.0 Å². The largest absolute Gasteiger partial charge is 0.433 e. The minimum atomic E-state index is -4.69. The average molecular weight is 488 g/mol. The topological polar surface area (TPSA) is 83.1 Å². The second kappa shape index (κ2) is 7.97. The Morgan fingerprint density at radius 2 is 2.18 bits per heavy atom. The van der Waals surface area contributed by atoms with Gasteiger partial charge in [-0.3, -0.25) is 4.79 Å². The lowest BCUT2D eigenvalue weighted by atomic mass is 9.89. The molecule has 4 heterocycles. The number of halogens is 3. The van der Waals surface area contributed by atoms with Crippen LogP contribution in [0, 0.1) is 17.2 Å². The Hall–Kier alpha value is -3.23. The summed E-state index contributed by atoms with van der Waals surface area (Å²) in [5, 5.41) is 18.4. The fourth-order valence-electron chi connectivity index (χ4n) is 3.96. The maximum atomic E-state index is 13.7. The predicted molar refractivity (Wildman–Crippen MR) is 119 cm³/mol. The van der Waals surface area contributed by atoms with Crippen LogP contribution >= 0.6 is 22.7 Å². The summed E-state index contributed by atoms with van der Waals surface area (Å²) < 4.78 is 41.9. The molecular formula is C22H16F3N5OS2. The van der Waals surface area contributed by atoms with Gasteiger partial charge in [0.1, 0.15) is 11.1 Å². The summed E-state index contributed by atoms with van der Waals surface area (Å²) in [4.78, 5) is 18.8. The van der Waals surface area contributed by atoms with Gasteiger partial charge in [0.15, 0.2) is 17.0 Å². The molecule has 0 saturated heterocycles. The van der Waals surface area contributed by atoms with Crippen LogP contribution in [-0.4, -0.2) is 20.5 Å². The lowest BCUT2D eigenvalue weighted by Crippen LogP contribution is -2.15. The molecule has 1 aliphatic carbocycles. The van der Waals surface area contributed by atoms with Crippen molar-refractivity contribution < 1.29 is 18.0 Å². The van der Waals surface area contributed by atoms with Gasteiger partial charge in [-0.2, -0.15) is 23.5 Å². The van der Waals surface area contributed by atoms with Crippen LogP contribution in [0.2, 0.25) is 0 Å². The first-order valence-corrected chi connectivity index (χ1v) is 11.8. The summed E-state index contributed by atoms with van der Waals surface area (Å²) in [7, 11) is 0. The van der Waals surface area contributed by atoms with E-state index in [4.69, 9.17) is 0 Å². The van der Waals surface area contributed by atoms with Gasteiger partial charge in [-0.25, -0.2) is 9.50 Å². The van der Waals surface area contributed by atoms with Crippen molar-refractivity contribution in [2.45, 2.75) is 32.4 Å². The van der Waals surface area contributed by atoms with Crippen molar-refractivity contribution in [3.05, 3.63) is 57.0 Å². The van der Waals surface area contributed by atoms with E-state index in [0.717, 1.165) is 35.8 Å². The molecule has 0 radical (unpaired) electrons. The third-order valence-electron chi connectivity index (χ3n) is 5.57. The fourth-order valence-corrected chi connectivity index (χ4v) is 6.00. The van der Waals surface area contributed by atoms with Crippen molar-refractivity contribution in [1.29, 1.82) is 5.26 Å². The van der Waals surface area contributed by atoms with Crippen LogP contribution in [0.25, 0.3) is 16.2 Å². The summed E-state index contributed by atoms with van der Waals surface area (Å²) >= 11 is 2.61. The van der Waals surface area contributed by atoms with Gasteiger partial charge in [0.25, 0.3) is 5.91 Å². The molecule has 0 fully saturated rings. The zero-order valence-electron chi connectivity index (χ0n) is 17.2. The van der Waals surface area contributed by atoms with Gasteiger partial charge in [-0.15, -0.1) is 22.7 Å². The molecule has 4 aromatic heterocycles.